The highest BCUT2D eigenvalue weighted by Crippen LogP contribution is 2.22. The number of benzene rings is 1. The van der Waals surface area contributed by atoms with Gasteiger partial charge in [0.1, 0.15) is 0 Å². The third kappa shape index (κ3) is 5.18. The fourth-order valence-electron chi connectivity index (χ4n) is 3.35. The predicted octanol–water partition coefficient (Wildman–Crippen LogP) is 2.28. The molecule has 0 saturated carbocycles. The molecule has 0 aliphatic carbocycles. The van der Waals surface area contributed by atoms with Gasteiger partial charge in [-0.2, -0.15) is 5.10 Å². The van der Waals surface area contributed by atoms with Crippen LogP contribution in [0.25, 0.3) is 0 Å². The number of amides is 1. The van der Waals surface area contributed by atoms with Gasteiger partial charge in [0.15, 0.2) is 0 Å². The van der Waals surface area contributed by atoms with Crippen LogP contribution in [0, 0.1) is 11.8 Å². The zero-order valence-electron chi connectivity index (χ0n) is 16.1. The lowest BCUT2D eigenvalue weighted by molar-refractivity contribution is -0.125. The predicted molar refractivity (Wildman–Crippen MR) is 107 cm³/mol. The topological polar surface area (TPSA) is 67.2 Å². The van der Waals surface area contributed by atoms with Gasteiger partial charge in [-0.3, -0.25) is 9.59 Å². The number of nitrogens with one attached hydrogen (secondary N) is 1. The second kappa shape index (κ2) is 8.84. The average molecular weight is 368 g/mol. The van der Waals surface area contributed by atoms with Gasteiger partial charge in [0.25, 0.3) is 5.56 Å². The van der Waals surface area contributed by atoms with E-state index in [2.05, 4.69) is 29.2 Å². The molecule has 1 amide bonds. The molecule has 2 heterocycles. The van der Waals surface area contributed by atoms with E-state index in [4.69, 9.17) is 0 Å². The van der Waals surface area contributed by atoms with Crippen molar-refractivity contribution in [3.8, 4) is 0 Å². The lowest BCUT2D eigenvalue weighted by Gasteiger charge is -2.33. The van der Waals surface area contributed by atoms with Crippen molar-refractivity contribution in [1.82, 2.24) is 15.1 Å². The van der Waals surface area contributed by atoms with Crippen molar-refractivity contribution in [3.63, 3.8) is 0 Å². The number of anilines is 1. The molecule has 6 heteroatoms. The van der Waals surface area contributed by atoms with Crippen molar-refractivity contribution in [3.05, 3.63) is 58.5 Å². The first-order valence-corrected chi connectivity index (χ1v) is 9.66. The molecular weight excluding hydrogens is 340 g/mol. The maximum absolute atomic E-state index is 12.5. The minimum Gasteiger partial charge on any atom is -0.369 e. The van der Waals surface area contributed by atoms with Crippen LogP contribution in [0.5, 0.6) is 0 Å². The number of nitrogens with zero attached hydrogens (tertiary/aromatic N) is 3. The maximum atomic E-state index is 12.5. The van der Waals surface area contributed by atoms with E-state index in [1.807, 2.05) is 30.3 Å². The standard InChI is InChI=1S/C21H28N4O2/c1-16(2)12-22-21(27)18-9-6-10-24(15-18)19-11-20(26)25(23-13-19)14-17-7-4-3-5-8-17/h3-5,7-8,11,13,16,18H,6,9-10,12,14-15H2,1-2H3,(H,22,27). The van der Waals surface area contributed by atoms with Gasteiger partial charge in [-0.1, -0.05) is 44.2 Å². The van der Waals surface area contributed by atoms with E-state index in [9.17, 15) is 9.59 Å². The van der Waals surface area contributed by atoms with E-state index in [1.54, 1.807) is 12.3 Å². The van der Waals surface area contributed by atoms with Gasteiger partial charge in [-0.25, -0.2) is 4.68 Å². The van der Waals surface area contributed by atoms with Crippen LogP contribution in [-0.2, 0) is 11.3 Å². The summed E-state index contributed by atoms with van der Waals surface area (Å²) >= 11 is 0. The third-order valence-corrected chi connectivity index (χ3v) is 4.87. The molecule has 1 fully saturated rings. The van der Waals surface area contributed by atoms with E-state index in [0.29, 0.717) is 25.6 Å². The number of rotatable bonds is 6. The normalized spacial score (nSPS) is 17.1. The smallest absolute Gasteiger partial charge is 0.269 e. The Hall–Kier alpha value is -2.63. The highest BCUT2D eigenvalue weighted by molar-refractivity contribution is 5.79. The first-order valence-electron chi connectivity index (χ1n) is 9.66. The van der Waals surface area contributed by atoms with Gasteiger partial charge in [0, 0.05) is 25.7 Å². The minimum absolute atomic E-state index is 0.0377. The van der Waals surface area contributed by atoms with E-state index in [1.165, 1.54) is 4.68 Å². The molecule has 0 bridgehead atoms. The van der Waals surface area contributed by atoms with Crippen LogP contribution in [0.15, 0.2) is 47.4 Å². The van der Waals surface area contributed by atoms with Crippen LogP contribution >= 0.6 is 0 Å². The third-order valence-electron chi connectivity index (χ3n) is 4.87. The van der Waals surface area contributed by atoms with Gasteiger partial charge in [0.2, 0.25) is 5.91 Å². The van der Waals surface area contributed by atoms with Gasteiger partial charge < -0.3 is 10.2 Å². The Labute approximate surface area is 160 Å². The fourth-order valence-corrected chi connectivity index (χ4v) is 3.35. The number of hydrogen-bond donors (Lipinski definition) is 1. The quantitative estimate of drug-likeness (QED) is 0.849. The van der Waals surface area contributed by atoms with Crippen molar-refractivity contribution in [2.45, 2.75) is 33.2 Å². The second-order valence-electron chi connectivity index (χ2n) is 7.62. The summed E-state index contributed by atoms with van der Waals surface area (Å²) in [5, 5.41) is 7.36. The lowest BCUT2D eigenvalue weighted by atomic mass is 9.96. The SMILES string of the molecule is CC(C)CNC(=O)C1CCCN(c2cnn(Cc3ccccc3)c(=O)c2)C1. The van der Waals surface area contributed by atoms with E-state index >= 15 is 0 Å². The van der Waals surface area contributed by atoms with Crippen LogP contribution in [0.4, 0.5) is 5.69 Å². The molecule has 1 atom stereocenters. The summed E-state index contributed by atoms with van der Waals surface area (Å²) in [6.07, 6.45) is 3.56. The highest BCUT2D eigenvalue weighted by atomic mass is 16.2. The molecule has 144 valence electrons. The van der Waals surface area contributed by atoms with Crippen molar-refractivity contribution in [1.29, 1.82) is 0 Å². The van der Waals surface area contributed by atoms with E-state index in [-0.39, 0.29) is 17.4 Å². The van der Waals surface area contributed by atoms with Gasteiger partial charge in [0.05, 0.1) is 24.3 Å². The van der Waals surface area contributed by atoms with Crippen LogP contribution in [-0.4, -0.2) is 35.3 Å². The molecule has 6 nitrogen and oxygen atoms in total. The summed E-state index contributed by atoms with van der Waals surface area (Å²) in [6, 6.07) is 11.4. The number of aromatic nitrogens is 2. The summed E-state index contributed by atoms with van der Waals surface area (Å²) in [7, 11) is 0. The number of carbonyl (C=O) groups excluding carboxylic acids is 1. The maximum Gasteiger partial charge on any atom is 0.269 e. The van der Waals surface area contributed by atoms with Crippen LogP contribution in [0.2, 0.25) is 0 Å². The highest BCUT2D eigenvalue weighted by Gasteiger charge is 2.26. The van der Waals surface area contributed by atoms with Crippen molar-refractivity contribution in [2.75, 3.05) is 24.5 Å². The molecule has 1 N–H and O–H groups in total. The number of piperidine rings is 1. The molecule has 3 rings (SSSR count). The Kier molecular flexibility index (Phi) is 6.27. The van der Waals surface area contributed by atoms with Crippen molar-refractivity contribution in [2.24, 2.45) is 11.8 Å². The van der Waals surface area contributed by atoms with Gasteiger partial charge in [-0.15, -0.1) is 0 Å². The molecule has 1 aromatic carbocycles. The molecule has 1 unspecified atom stereocenters. The summed E-state index contributed by atoms with van der Waals surface area (Å²) in [5.74, 6) is 0.512. The monoisotopic (exact) mass is 368 g/mol. The molecule has 1 aromatic heterocycles. The summed E-state index contributed by atoms with van der Waals surface area (Å²) < 4.78 is 1.47. The summed E-state index contributed by atoms with van der Waals surface area (Å²) in [4.78, 5) is 27.0. The molecular formula is C21H28N4O2. The average Bonchev–Trinajstić information content (AvgIpc) is 2.68. The largest absolute Gasteiger partial charge is 0.369 e. The van der Waals surface area contributed by atoms with Gasteiger partial charge >= 0.3 is 0 Å². The summed E-state index contributed by atoms with van der Waals surface area (Å²) in [6.45, 7) is 6.81. The Bertz CT molecular complexity index is 816. The molecule has 27 heavy (non-hydrogen) atoms. The number of hydrogen-bond acceptors (Lipinski definition) is 4. The summed E-state index contributed by atoms with van der Waals surface area (Å²) in [5.41, 5.74) is 1.72. The lowest BCUT2D eigenvalue weighted by Crippen LogP contribution is -2.44. The van der Waals surface area contributed by atoms with Crippen LogP contribution in [0.3, 0.4) is 0 Å². The van der Waals surface area contributed by atoms with E-state index < -0.39 is 0 Å². The van der Waals surface area contributed by atoms with Crippen LogP contribution in [0.1, 0.15) is 32.3 Å². The Morgan fingerprint density at radius 3 is 2.78 bits per heavy atom. The van der Waals surface area contributed by atoms with Crippen molar-refractivity contribution < 1.29 is 4.79 Å². The Balaban J connectivity index is 1.66. The molecule has 1 aliphatic heterocycles. The minimum atomic E-state index is -0.122. The molecule has 1 aliphatic rings. The Morgan fingerprint density at radius 2 is 2.07 bits per heavy atom. The van der Waals surface area contributed by atoms with Crippen molar-refractivity contribution >= 4 is 11.6 Å². The van der Waals surface area contributed by atoms with Gasteiger partial charge in [-0.05, 0) is 24.3 Å². The molecule has 0 spiro atoms. The number of carbonyl (C=O) groups is 1. The molecule has 0 radical (unpaired) electrons. The zero-order valence-corrected chi connectivity index (χ0v) is 16.1. The van der Waals surface area contributed by atoms with E-state index in [0.717, 1.165) is 30.6 Å². The first kappa shape index (κ1) is 19.1. The second-order valence-corrected chi connectivity index (χ2v) is 7.62. The fraction of sp³-hybridized carbons (Fsp3) is 0.476. The Morgan fingerprint density at radius 1 is 1.30 bits per heavy atom. The first-order chi connectivity index (χ1) is 13.0. The molecule has 1 saturated heterocycles. The molecule has 2 aromatic rings. The van der Waals surface area contributed by atoms with Crippen LogP contribution < -0.4 is 15.8 Å². The zero-order chi connectivity index (χ0) is 19.2.